The molecule has 0 saturated heterocycles. The van der Waals surface area contributed by atoms with Crippen molar-refractivity contribution in [3.63, 3.8) is 0 Å². The number of hydrogen-bond acceptors (Lipinski definition) is 4. The highest BCUT2D eigenvalue weighted by atomic mass is 16.5. The van der Waals surface area contributed by atoms with E-state index >= 15 is 0 Å². The summed E-state index contributed by atoms with van der Waals surface area (Å²) in [5.41, 5.74) is -0.296. The van der Waals surface area contributed by atoms with E-state index in [0.29, 0.717) is 25.1 Å². The Morgan fingerprint density at radius 1 is 1.47 bits per heavy atom. The van der Waals surface area contributed by atoms with Crippen LogP contribution in [0.3, 0.4) is 0 Å². The zero-order chi connectivity index (χ0) is 12.5. The Hall–Kier alpha value is -1.14. The second kappa shape index (κ2) is 8.03. The van der Waals surface area contributed by atoms with Crippen molar-refractivity contribution in [2.75, 3.05) is 13.2 Å². The summed E-state index contributed by atoms with van der Waals surface area (Å²) < 4.78 is 5.39. The van der Waals surface area contributed by atoms with Gasteiger partial charge >= 0.3 is 5.69 Å². The molecule has 1 aromatic heterocycles. The van der Waals surface area contributed by atoms with Crippen LogP contribution in [0.15, 0.2) is 4.79 Å². The van der Waals surface area contributed by atoms with Crippen LogP contribution in [0.5, 0.6) is 0 Å². The lowest BCUT2D eigenvalue weighted by atomic mass is 10.1. The number of H-pyrrole nitrogens is 2. The first-order valence-corrected chi connectivity index (χ1v) is 6.21. The summed E-state index contributed by atoms with van der Waals surface area (Å²) in [6, 6.07) is 0.578. The van der Waals surface area contributed by atoms with Gasteiger partial charge in [0.15, 0.2) is 5.82 Å². The first-order valence-electron chi connectivity index (χ1n) is 6.21. The molecule has 0 aliphatic carbocycles. The highest BCUT2D eigenvalue weighted by Gasteiger charge is 2.03. The number of nitrogens with zero attached hydrogens (tertiary/aromatic N) is 1. The SMILES string of the molecule is CCC[C@@H](CC)NCCOCc1n[nH]c(=O)[nH]1. The van der Waals surface area contributed by atoms with Gasteiger partial charge in [0.2, 0.25) is 0 Å². The quantitative estimate of drug-likeness (QED) is 0.559. The second-order valence-corrected chi connectivity index (χ2v) is 4.02. The van der Waals surface area contributed by atoms with E-state index in [1.807, 2.05) is 0 Å². The maximum atomic E-state index is 10.7. The molecule has 98 valence electrons. The maximum absolute atomic E-state index is 10.7. The van der Waals surface area contributed by atoms with Crippen molar-refractivity contribution in [2.45, 2.75) is 45.8 Å². The molecule has 0 bridgehead atoms. The van der Waals surface area contributed by atoms with Gasteiger partial charge in [0.1, 0.15) is 6.61 Å². The Labute approximate surface area is 101 Å². The number of aromatic amines is 2. The minimum atomic E-state index is -0.296. The Kier molecular flexibility index (Phi) is 6.57. The van der Waals surface area contributed by atoms with Gasteiger partial charge in [-0.15, -0.1) is 0 Å². The van der Waals surface area contributed by atoms with Crippen LogP contribution < -0.4 is 11.0 Å². The van der Waals surface area contributed by atoms with Gasteiger partial charge in [-0.1, -0.05) is 20.3 Å². The summed E-state index contributed by atoms with van der Waals surface area (Å²) in [5, 5.41) is 9.49. The van der Waals surface area contributed by atoms with E-state index in [-0.39, 0.29) is 5.69 Å². The molecule has 1 atom stereocenters. The summed E-state index contributed by atoms with van der Waals surface area (Å²) >= 11 is 0. The van der Waals surface area contributed by atoms with Crippen LogP contribution in [-0.2, 0) is 11.3 Å². The van der Waals surface area contributed by atoms with Crippen LogP contribution in [0.1, 0.15) is 38.9 Å². The molecule has 0 aromatic carbocycles. The summed E-state index contributed by atoms with van der Waals surface area (Å²) in [4.78, 5) is 13.3. The van der Waals surface area contributed by atoms with Gasteiger partial charge in [-0.2, -0.15) is 5.10 Å². The van der Waals surface area contributed by atoms with Crippen LogP contribution in [0.2, 0.25) is 0 Å². The van der Waals surface area contributed by atoms with Crippen LogP contribution in [-0.4, -0.2) is 34.4 Å². The predicted octanol–water partition coefficient (Wildman–Crippen LogP) is 0.783. The van der Waals surface area contributed by atoms with Crippen LogP contribution in [0.4, 0.5) is 0 Å². The third-order valence-electron chi connectivity index (χ3n) is 2.60. The van der Waals surface area contributed by atoms with Crippen molar-refractivity contribution < 1.29 is 4.74 Å². The van der Waals surface area contributed by atoms with Crippen LogP contribution >= 0.6 is 0 Å². The van der Waals surface area contributed by atoms with Crippen molar-refractivity contribution >= 4 is 0 Å². The molecule has 0 unspecified atom stereocenters. The lowest BCUT2D eigenvalue weighted by Gasteiger charge is -2.15. The highest BCUT2D eigenvalue weighted by molar-refractivity contribution is 4.76. The van der Waals surface area contributed by atoms with Gasteiger partial charge in [0.25, 0.3) is 0 Å². The predicted molar refractivity (Wildman–Crippen MR) is 65.9 cm³/mol. The largest absolute Gasteiger partial charge is 0.372 e. The van der Waals surface area contributed by atoms with E-state index in [1.165, 1.54) is 12.8 Å². The van der Waals surface area contributed by atoms with Crippen LogP contribution in [0.25, 0.3) is 0 Å². The molecule has 1 aromatic rings. The van der Waals surface area contributed by atoms with Crippen molar-refractivity contribution in [2.24, 2.45) is 0 Å². The van der Waals surface area contributed by atoms with E-state index in [9.17, 15) is 4.79 Å². The molecule has 1 rings (SSSR count). The molecule has 0 radical (unpaired) electrons. The average Bonchev–Trinajstić information content (AvgIpc) is 2.73. The highest BCUT2D eigenvalue weighted by Crippen LogP contribution is 2.00. The lowest BCUT2D eigenvalue weighted by molar-refractivity contribution is 0.115. The minimum Gasteiger partial charge on any atom is -0.372 e. The van der Waals surface area contributed by atoms with Crippen molar-refractivity contribution in [3.05, 3.63) is 16.3 Å². The van der Waals surface area contributed by atoms with E-state index in [0.717, 1.165) is 13.0 Å². The fraction of sp³-hybridized carbons (Fsp3) is 0.818. The molecule has 0 fully saturated rings. The molecule has 0 spiro atoms. The Morgan fingerprint density at radius 3 is 2.88 bits per heavy atom. The van der Waals surface area contributed by atoms with Gasteiger partial charge in [0, 0.05) is 12.6 Å². The van der Waals surface area contributed by atoms with E-state index in [4.69, 9.17) is 4.74 Å². The average molecular weight is 242 g/mol. The number of ether oxygens (including phenoxy) is 1. The topological polar surface area (TPSA) is 82.8 Å². The normalized spacial score (nSPS) is 12.8. The monoisotopic (exact) mass is 242 g/mol. The maximum Gasteiger partial charge on any atom is 0.340 e. The number of hydrogen-bond donors (Lipinski definition) is 3. The zero-order valence-corrected chi connectivity index (χ0v) is 10.6. The Bertz CT molecular complexity index is 347. The smallest absolute Gasteiger partial charge is 0.340 e. The van der Waals surface area contributed by atoms with Crippen molar-refractivity contribution in [1.29, 1.82) is 0 Å². The standard InChI is InChI=1S/C11H22N4O2/c1-3-5-9(4-2)12-6-7-17-8-10-13-11(16)15-14-10/h9,12H,3-8H2,1-2H3,(H2,13,14,15,16)/t9-/m1/s1. The molecule has 0 amide bonds. The molecule has 0 saturated carbocycles. The van der Waals surface area contributed by atoms with Crippen molar-refractivity contribution in [1.82, 2.24) is 20.5 Å². The zero-order valence-electron chi connectivity index (χ0n) is 10.6. The van der Waals surface area contributed by atoms with Gasteiger partial charge in [-0.3, -0.25) is 4.98 Å². The van der Waals surface area contributed by atoms with E-state index < -0.39 is 0 Å². The van der Waals surface area contributed by atoms with Crippen LogP contribution in [0, 0.1) is 0 Å². The minimum absolute atomic E-state index is 0.296. The molecule has 17 heavy (non-hydrogen) atoms. The third kappa shape index (κ3) is 5.65. The molecule has 6 heteroatoms. The van der Waals surface area contributed by atoms with E-state index in [1.54, 1.807) is 0 Å². The molecule has 0 aliphatic heterocycles. The molecule has 1 heterocycles. The summed E-state index contributed by atoms with van der Waals surface area (Å²) in [5.74, 6) is 0.538. The molecule has 3 N–H and O–H groups in total. The van der Waals surface area contributed by atoms with Gasteiger partial charge < -0.3 is 10.1 Å². The molecule has 6 nitrogen and oxygen atoms in total. The Morgan fingerprint density at radius 2 is 2.29 bits per heavy atom. The lowest BCUT2D eigenvalue weighted by Crippen LogP contribution is -2.31. The fourth-order valence-electron chi connectivity index (χ4n) is 1.68. The van der Waals surface area contributed by atoms with Gasteiger partial charge in [0.05, 0.1) is 6.61 Å². The van der Waals surface area contributed by atoms with Crippen molar-refractivity contribution in [3.8, 4) is 0 Å². The van der Waals surface area contributed by atoms with Gasteiger partial charge in [-0.25, -0.2) is 9.89 Å². The summed E-state index contributed by atoms with van der Waals surface area (Å²) in [7, 11) is 0. The number of aromatic nitrogens is 3. The second-order valence-electron chi connectivity index (χ2n) is 4.02. The fourth-order valence-corrected chi connectivity index (χ4v) is 1.68. The van der Waals surface area contributed by atoms with Gasteiger partial charge in [-0.05, 0) is 12.8 Å². The Balaban J connectivity index is 2.06. The summed E-state index contributed by atoms with van der Waals surface area (Å²) in [6.07, 6.45) is 3.53. The van der Waals surface area contributed by atoms with E-state index in [2.05, 4.69) is 34.3 Å². The molecule has 0 aliphatic rings. The summed E-state index contributed by atoms with van der Waals surface area (Å²) in [6.45, 7) is 6.16. The first-order chi connectivity index (χ1) is 8.26. The first kappa shape index (κ1) is 13.9. The number of nitrogens with one attached hydrogen (secondary N) is 3. The molecular formula is C11H22N4O2. The molecular weight excluding hydrogens is 220 g/mol. The number of rotatable bonds is 9. The third-order valence-corrected chi connectivity index (χ3v) is 2.60.